The van der Waals surface area contributed by atoms with Crippen LogP contribution in [0, 0.1) is 69.2 Å². The monoisotopic (exact) mass is 514 g/mol. The SMILES string of the molecule is Cc1c(C)c(C)[c-](C)c1C.Cc1c(C)c(C)[c-](C)c1C.[Cl][Cr][Cl].[Cl][Cr][Cl]. The Balaban J connectivity index is 0. The molecule has 0 amide bonds. The molecule has 0 fully saturated rings. The van der Waals surface area contributed by atoms with Crippen molar-refractivity contribution in [3.8, 4) is 0 Å². The van der Waals surface area contributed by atoms with E-state index in [2.05, 4.69) is 69.2 Å². The Morgan fingerprint density at radius 1 is 0.462 bits per heavy atom. The molecule has 0 atom stereocenters. The summed E-state index contributed by atoms with van der Waals surface area (Å²) in [7, 11) is 19.3. The van der Waals surface area contributed by atoms with Gasteiger partial charge in [-0.3, -0.25) is 0 Å². The second-order valence-corrected chi connectivity index (χ2v) is 10.6. The first-order valence-corrected chi connectivity index (χ1v) is 15.1. The average molecular weight is 516 g/mol. The summed E-state index contributed by atoms with van der Waals surface area (Å²) in [5.41, 5.74) is 14.7. The molecule has 6 heteroatoms. The molecule has 2 aromatic carbocycles. The molecule has 2 rings (SSSR count). The fourth-order valence-electron chi connectivity index (χ4n) is 2.81. The first-order chi connectivity index (χ1) is 11.9. The molecule has 0 bridgehead atoms. The second-order valence-electron chi connectivity index (χ2n) is 6.37. The molecule has 0 unspecified atom stereocenters. The Bertz CT molecular complexity index is 452. The Morgan fingerprint density at radius 2 is 0.577 bits per heavy atom. The average Bonchev–Trinajstić information content (AvgIpc) is 2.87. The predicted molar refractivity (Wildman–Crippen MR) is 115 cm³/mol. The second kappa shape index (κ2) is 14.9. The zero-order valence-corrected chi connectivity index (χ0v) is 22.9. The van der Waals surface area contributed by atoms with Crippen LogP contribution in [0.25, 0.3) is 0 Å². The Morgan fingerprint density at radius 3 is 0.615 bits per heavy atom. The van der Waals surface area contributed by atoms with E-state index in [4.69, 9.17) is 40.2 Å². The number of hydrogen-bond donors (Lipinski definition) is 0. The maximum absolute atomic E-state index is 4.83. The van der Waals surface area contributed by atoms with Crippen LogP contribution in [-0.2, 0) is 26.8 Å². The van der Waals surface area contributed by atoms with E-state index in [9.17, 15) is 0 Å². The summed E-state index contributed by atoms with van der Waals surface area (Å²) in [5, 5.41) is 0. The maximum atomic E-state index is 4.83. The Labute approximate surface area is 190 Å². The van der Waals surface area contributed by atoms with Crippen molar-refractivity contribution in [3.05, 3.63) is 55.6 Å². The number of rotatable bonds is 0. The van der Waals surface area contributed by atoms with E-state index in [1.165, 1.54) is 55.6 Å². The molecule has 0 saturated carbocycles. The molecule has 0 radical (unpaired) electrons. The zero-order chi connectivity index (χ0) is 21.2. The molecule has 152 valence electrons. The van der Waals surface area contributed by atoms with E-state index in [0.29, 0.717) is 0 Å². The van der Waals surface area contributed by atoms with Gasteiger partial charge in [0.1, 0.15) is 0 Å². The molecule has 0 nitrogen and oxygen atoms in total. The van der Waals surface area contributed by atoms with Crippen molar-refractivity contribution in [3.63, 3.8) is 0 Å². The van der Waals surface area contributed by atoms with Gasteiger partial charge in [0, 0.05) is 0 Å². The molecule has 0 N–H and O–H groups in total. The Hall–Kier alpha value is 0.925. The fraction of sp³-hybridized carbons (Fsp3) is 0.500. The van der Waals surface area contributed by atoms with Crippen LogP contribution in [0.2, 0.25) is 0 Å². The number of hydrogen-bond acceptors (Lipinski definition) is 0. The summed E-state index contributed by atoms with van der Waals surface area (Å²) in [6.45, 7) is 22.0. The summed E-state index contributed by atoms with van der Waals surface area (Å²) in [6.07, 6.45) is 0. The van der Waals surface area contributed by atoms with Crippen LogP contribution in [0.15, 0.2) is 0 Å². The van der Waals surface area contributed by atoms with Crippen molar-refractivity contribution in [2.75, 3.05) is 0 Å². The van der Waals surface area contributed by atoms with Crippen LogP contribution < -0.4 is 0 Å². The van der Waals surface area contributed by atoms with Crippen LogP contribution in [0.4, 0.5) is 0 Å². The molecule has 0 aliphatic rings. The summed E-state index contributed by atoms with van der Waals surface area (Å²) >= 11 is -0.361. The van der Waals surface area contributed by atoms with E-state index in [-0.39, 0.29) is 26.8 Å². The van der Waals surface area contributed by atoms with Gasteiger partial charge < -0.3 is 0 Å². The van der Waals surface area contributed by atoms with Crippen LogP contribution >= 0.6 is 40.2 Å². The summed E-state index contributed by atoms with van der Waals surface area (Å²) in [4.78, 5) is 0. The minimum absolute atomic E-state index is 0.181. The first-order valence-electron chi connectivity index (χ1n) is 8.12. The van der Waals surface area contributed by atoms with Crippen molar-refractivity contribution in [2.24, 2.45) is 0 Å². The van der Waals surface area contributed by atoms with Gasteiger partial charge in [0.05, 0.1) is 0 Å². The summed E-state index contributed by atoms with van der Waals surface area (Å²) in [6, 6.07) is 0. The van der Waals surface area contributed by atoms with Gasteiger partial charge in [-0.15, -0.1) is 0 Å². The van der Waals surface area contributed by atoms with E-state index in [1.54, 1.807) is 0 Å². The molecular weight excluding hydrogens is 486 g/mol. The normalized spacial score (nSPS) is 9.46. The zero-order valence-electron chi connectivity index (χ0n) is 17.3. The molecular formula is C20H30Cl4Cr2-2. The van der Waals surface area contributed by atoms with E-state index >= 15 is 0 Å². The van der Waals surface area contributed by atoms with Gasteiger partial charge in [0.15, 0.2) is 0 Å². The summed E-state index contributed by atoms with van der Waals surface area (Å²) in [5.74, 6) is 0. The van der Waals surface area contributed by atoms with Crippen molar-refractivity contribution in [1.29, 1.82) is 0 Å². The van der Waals surface area contributed by atoms with Gasteiger partial charge >= 0.3 is 66.9 Å². The van der Waals surface area contributed by atoms with Crippen molar-refractivity contribution in [2.45, 2.75) is 69.2 Å². The van der Waals surface area contributed by atoms with Crippen LogP contribution in [0.5, 0.6) is 0 Å². The summed E-state index contributed by atoms with van der Waals surface area (Å²) < 4.78 is 0. The van der Waals surface area contributed by atoms with E-state index < -0.39 is 0 Å². The standard InChI is InChI=1S/2C10H15.4ClH.2Cr/c2*1-6-7(2)9(4)10(5)8(6)3;;;;;;/h2*1-5H3;4*1H;;/q2*-1;;;;;2*+2/p-4. The van der Waals surface area contributed by atoms with Gasteiger partial charge in [-0.05, 0) is 0 Å². The molecule has 0 spiro atoms. The minimum atomic E-state index is -0.181. The molecule has 0 aliphatic heterocycles. The van der Waals surface area contributed by atoms with Gasteiger partial charge in [-0.2, -0.15) is 55.6 Å². The third-order valence-electron chi connectivity index (χ3n) is 5.62. The van der Waals surface area contributed by atoms with Gasteiger partial charge in [-0.1, -0.05) is 69.2 Å². The Kier molecular flexibility index (Phi) is 16.6. The van der Waals surface area contributed by atoms with E-state index in [0.717, 1.165) is 0 Å². The van der Waals surface area contributed by atoms with Crippen LogP contribution in [0.1, 0.15) is 55.6 Å². The third-order valence-corrected chi connectivity index (χ3v) is 5.62. The van der Waals surface area contributed by atoms with Gasteiger partial charge in [0.25, 0.3) is 0 Å². The molecule has 2 aromatic rings. The molecule has 0 saturated heterocycles. The number of halogens is 4. The topological polar surface area (TPSA) is 0 Å². The van der Waals surface area contributed by atoms with Crippen LogP contribution in [0.3, 0.4) is 0 Å². The van der Waals surface area contributed by atoms with Crippen LogP contribution in [-0.4, -0.2) is 0 Å². The van der Waals surface area contributed by atoms with Crippen molar-refractivity contribution in [1.82, 2.24) is 0 Å². The molecule has 0 aromatic heterocycles. The quantitative estimate of drug-likeness (QED) is 0.308. The van der Waals surface area contributed by atoms with Gasteiger partial charge in [-0.25, -0.2) is 0 Å². The molecule has 0 heterocycles. The molecule has 26 heavy (non-hydrogen) atoms. The van der Waals surface area contributed by atoms with E-state index in [1.807, 2.05) is 0 Å². The third kappa shape index (κ3) is 8.52. The van der Waals surface area contributed by atoms with Gasteiger partial charge in [0.2, 0.25) is 0 Å². The molecule has 0 aliphatic carbocycles. The first kappa shape index (κ1) is 29.1. The van der Waals surface area contributed by atoms with Crippen molar-refractivity contribution < 1.29 is 26.8 Å². The fourth-order valence-corrected chi connectivity index (χ4v) is 2.81. The predicted octanol–water partition coefficient (Wildman–Crippen LogP) is 8.65. The van der Waals surface area contributed by atoms with Crippen molar-refractivity contribution >= 4 is 40.2 Å².